The Morgan fingerprint density at radius 3 is 2.71 bits per heavy atom. The number of thiocarbonyl (C=S) groups is 1. The molecule has 1 aliphatic rings. The molecule has 0 aliphatic carbocycles. The van der Waals surface area contributed by atoms with Gasteiger partial charge in [-0.2, -0.15) is 0 Å². The van der Waals surface area contributed by atoms with Gasteiger partial charge in [0.1, 0.15) is 4.32 Å². The van der Waals surface area contributed by atoms with Crippen LogP contribution in [0.1, 0.15) is 44.1 Å². The second-order valence-corrected chi connectivity index (χ2v) is 8.60. The number of methoxy groups -OCH3 is 1. The van der Waals surface area contributed by atoms with E-state index in [1.54, 1.807) is 18.2 Å². The molecule has 8 nitrogen and oxygen atoms in total. The van der Waals surface area contributed by atoms with E-state index in [-0.39, 0.29) is 30.4 Å². The molecule has 0 unspecified atom stereocenters. The first-order chi connectivity index (χ1) is 14.8. The normalized spacial score (nSPS) is 14.9. The van der Waals surface area contributed by atoms with Gasteiger partial charge in [-0.15, -0.1) is 0 Å². The van der Waals surface area contributed by atoms with E-state index in [0.29, 0.717) is 46.5 Å². The van der Waals surface area contributed by atoms with Gasteiger partial charge in [0, 0.05) is 25.9 Å². The number of aliphatic carboxylic acids is 1. The molecular formula is C21H26N2O6S2. The predicted octanol–water partition coefficient (Wildman–Crippen LogP) is 3.14. The van der Waals surface area contributed by atoms with Crippen molar-refractivity contribution in [3.8, 4) is 11.5 Å². The number of rotatable bonds is 12. The number of phenolic OH excluding ortho intramolecular Hbond substituents is 1. The Labute approximate surface area is 190 Å². The van der Waals surface area contributed by atoms with Crippen LogP contribution in [0.5, 0.6) is 11.5 Å². The van der Waals surface area contributed by atoms with Crippen LogP contribution in [0.2, 0.25) is 0 Å². The highest BCUT2D eigenvalue weighted by Crippen LogP contribution is 2.34. The lowest BCUT2D eigenvalue weighted by molar-refractivity contribution is -0.137. The Morgan fingerprint density at radius 1 is 1.23 bits per heavy atom. The Balaban J connectivity index is 1.76. The maximum Gasteiger partial charge on any atom is 0.303 e. The minimum atomic E-state index is -0.808. The van der Waals surface area contributed by atoms with Crippen molar-refractivity contribution in [2.75, 3.05) is 20.2 Å². The summed E-state index contributed by atoms with van der Waals surface area (Å²) in [6.45, 7) is 0.866. The highest BCUT2D eigenvalue weighted by atomic mass is 32.2. The van der Waals surface area contributed by atoms with Crippen molar-refractivity contribution < 1.29 is 29.3 Å². The molecule has 1 heterocycles. The Bertz CT molecular complexity index is 871. The molecule has 10 heteroatoms. The number of nitrogens with one attached hydrogen (secondary N) is 1. The summed E-state index contributed by atoms with van der Waals surface area (Å²) in [6.07, 6.45) is 4.69. The number of carboxylic acid groups (broad SMARTS) is 1. The van der Waals surface area contributed by atoms with Gasteiger partial charge in [0.05, 0.1) is 12.0 Å². The van der Waals surface area contributed by atoms with Crippen LogP contribution in [0.25, 0.3) is 6.08 Å². The molecule has 31 heavy (non-hydrogen) atoms. The number of thioether (sulfide) groups is 1. The van der Waals surface area contributed by atoms with Crippen molar-refractivity contribution in [2.24, 2.45) is 0 Å². The number of amides is 2. The van der Waals surface area contributed by atoms with E-state index in [0.717, 1.165) is 12.8 Å². The standard InChI is InChI=1S/C21H26N2O6S2/c1-29-16-12-14(8-9-15(16)24)13-17-20(28)23(21(30)31-17)11-5-6-18(25)22-10-4-2-3-7-19(26)27/h8-9,12-13,24H,2-7,10-11H2,1H3,(H,22,25)(H,26,27)/b17-13-. The summed E-state index contributed by atoms with van der Waals surface area (Å²) >= 11 is 6.51. The maximum atomic E-state index is 12.7. The molecule has 3 N–H and O–H groups in total. The van der Waals surface area contributed by atoms with E-state index in [1.807, 2.05) is 0 Å². The Morgan fingerprint density at radius 2 is 2.00 bits per heavy atom. The monoisotopic (exact) mass is 466 g/mol. The number of nitrogens with zero attached hydrogens (tertiary/aromatic N) is 1. The summed E-state index contributed by atoms with van der Waals surface area (Å²) in [4.78, 5) is 37.0. The molecule has 0 atom stereocenters. The van der Waals surface area contributed by atoms with Crippen molar-refractivity contribution in [3.05, 3.63) is 28.7 Å². The second kappa shape index (κ2) is 12.3. The van der Waals surface area contributed by atoms with Crippen molar-refractivity contribution in [1.29, 1.82) is 0 Å². The molecule has 0 radical (unpaired) electrons. The third-order valence-electron chi connectivity index (χ3n) is 4.55. The van der Waals surface area contributed by atoms with Gasteiger partial charge >= 0.3 is 5.97 Å². The third-order valence-corrected chi connectivity index (χ3v) is 5.93. The summed E-state index contributed by atoms with van der Waals surface area (Å²) in [7, 11) is 1.45. The number of hydrogen-bond donors (Lipinski definition) is 3. The van der Waals surface area contributed by atoms with Gasteiger partial charge < -0.3 is 20.3 Å². The molecule has 0 bridgehead atoms. The highest BCUT2D eigenvalue weighted by molar-refractivity contribution is 8.26. The average Bonchev–Trinajstić information content (AvgIpc) is 2.99. The number of phenols is 1. The first kappa shape index (κ1) is 24.7. The van der Waals surface area contributed by atoms with E-state index < -0.39 is 5.97 Å². The van der Waals surface area contributed by atoms with Crippen LogP contribution >= 0.6 is 24.0 Å². The largest absolute Gasteiger partial charge is 0.504 e. The van der Waals surface area contributed by atoms with Crippen LogP contribution in [-0.2, 0) is 14.4 Å². The molecule has 1 fully saturated rings. The number of carbonyl (C=O) groups is 3. The lowest BCUT2D eigenvalue weighted by atomic mass is 10.2. The third kappa shape index (κ3) is 7.87. The van der Waals surface area contributed by atoms with Crippen LogP contribution in [0.15, 0.2) is 23.1 Å². The van der Waals surface area contributed by atoms with Gasteiger partial charge in [-0.1, -0.05) is 36.5 Å². The average molecular weight is 467 g/mol. The zero-order valence-corrected chi connectivity index (χ0v) is 18.9. The lowest BCUT2D eigenvalue weighted by Gasteiger charge is -2.14. The topological polar surface area (TPSA) is 116 Å². The van der Waals surface area contributed by atoms with E-state index in [2.05, 4.69) is 5.32 Å². The van der Waals surface area contributed by atoms with E-state index >= 15 is 0 Å². The van der Waals surface area contributed by atoms with Crippen LogP contribution in [0, 0.1) is 0 Å². The summed E-state index contributed by atoms with van der Waals surface area (Å²) < 4.78 is 5.53. The smallest absolute Gasteiger partial charge is 0.303 e. The number of unbranched alkanes of at least 4 members (excludes halogenated alkanes) is 2. The van der Waals surface area contributed by atoms with Crippen molar-refractivity contribution in [3.63, 3.8) is 0 Å². The maximum absolute atomic E-state index is 12.7. The molecular weight excluding hydrogens is 440 g/mol. The first-order valence-electron chi connectivity index (χ1n) is 9.92. The molecule has 1 aliphatic heterocycles. The second-order valence-electron chi connectivity index (χ2n) is 6.92. The zero-order valence-electron chi connectivity index (χ0n) is 17.3. The number of benzene rings is 1. The van der Waals surface area contributed by atoms with Gasteiger partial charge in [-0.25, -0.2) is 0 Å². The van der Waals surface area contributed by atoms with Crippen molar-refractivity contribution >= 4 is 52.2 Å². The number of carbonyl (C=O) groups excluding carboxylic acids is 2. The molecule has 1 saturated heterocycles. The Kier molecular flexibility index (Phi) is 9.80. The molecule has 168 valence electrons. The number of hydrogen-bond acceptors (Lipinski definition) is 7. The summed E-state index contributed by atoms with van der Waals surface area (Å²) in [5, 5.41) is 21.1. The lowest BCUT2D eigenvalue weighted by Crippen LogP contribution is -2.30. The summed E-state index contributed by atoms with van der Waals surface area (Å²) in [5.74, 6) is -0.781. The van der Waals surface area contributed by atoms with E-state index in [4.69, 9.17) is 22.1 Å². The molecule has 1 aromatic rings. The predicted molar refractivity (Wildman–Crippen MR) is 123 cm³/mol. The van der Waals surface area contributed by atoms with E-state index in [9.17, 15) is 19.5 Å². The van der Waals surface area contributed by atoms with E-state index in [1.165, 1.54) is 29.8 Å². The molecule has 2 amide bonds. The number of ether oxygens (including phenoxy) is 1. The number of aromatic hydroxyl groups is 1. The van der Waals surface area contributed by atoms with Gasteiger partial charge in [0.25, 0.3) is 5.91 Å². The SMILES string of the molecule is COc1cc(/C=C2\SC(=S)N(CCCC(=O)NCCCCCC(=O)O)C2=O)ccc1O. The van der Waals surface area contributed by atoms with Crippen LogP contribution < -0.4 is 10.1 Å². The quantitative estimate of drug-likeness (QED) is 0.244. The van der Waals surface area contributed by atoms with Crippen molar-refractivity contribution in [2.45, 2.75) is 38.5 Å². The van der Waals surface area contributed by atoms with Gasteiger partial charge in [0.2, 0.25) is 5.91 Å². The highest BCUT2D eigenvalue weighted by Gasteiger charge is 2.31. The molecule has 0 spiro atoms. The fourth-order valence-corrected chi connectivity index (χ4v) is 4.23. The molecule has 0 aromatic heterocycles. The Hall–Kier alpha value is -2.59. The van der Waals surface area contributed by atoms with Crippen LogP contribution in [-0.4, -0.2) is 57.4 Å². The summed E-state index contributed by atoms with van der Waals surface area (Å²) in [5.41, 5.74) is 0.706. The molecule has 1 aromatic carbocycles. The minimum Gasteiger partial charge on any atom is -0.504 e. The van der Waals surface area contributed by atoms with Crippen molar-refractivity contribution in [1.82, 2.24) is 10.2 Å². The minimum absolute atomic E-state index is 0.0192. The zero-order chi connectivity index (χ0) is 22.8. The fraction of sp³-hybridized carbons (Fsp3) is 0.429. The fourth-order valence-electron chi connectivity index (χ4n) is 2.92. The van der Waals surface area contributed by atoms with Gasteiger partial charge in [0.15, 0.2) is 11.5 Å². The van der Waals surface area contributed by atoms with Crippen LogP contribution in [0.4, 0.5) is 0 Å². The molecule has 2 rings (SSSR count). The van der Waals surface area contributed by atoms with Gasteiger partial charge in [-0.3, -0.25) is 19.3 Å². The van der Waals surface area contributed by atoms with Crippen LogP contribution in [0.3, 0.4) is 0 Å². The molecule has 0 saturated carbocycles. The summed E-state index contributed by atoms with van der Waals surface area (Å²) in [6, 6.07) is 4.81. The first-order valence-corrected chi connectivity index (χ1v) is 11.1. The number of carboxylic acids is 1. The van der Waals surface area contributed by atoms with Gasteiger partial charge in [-0.05, 0) is 43.0 Å².